The van der Waals surface area contributed by atoms with Gasteiger partial charge < -0.3 is 9.84 Å². The summed E-state index contributed by atoms with van der Waals surface area (Å²) >= 11 is 0. The molecule has 1 aliphatic carbocycles. The van der Waals surface area contributed by atoms with Gasteiger partial charge in [0.15, 0.2) is 0 Å². The van der Waals surface area contributed by atoms with E-state index in [1.165, 1.54) is 0 Å². The zero-order valence-corrected chi connectivity index (χ0v) is 12.4. The Bertz CT molecular complexity index is 443. The highest BCUT2D eigenvalue weighted by molar-refractivity contribution is 5.77. The zero-order valence-electron chi connectivity index (χ0n) is 12.4. The largest absolute Gasteiger partial charge is 0.454 e. The summed E-state index contributed by atoms with van der Waals surface area (Å²) in [6.45, 7) is 3.50. The number of aliphatic hydroxyl groups is 1. The van der Waals surface area contributed by atoms with Crippen molar-refractivity contribution in [1.82, 2.24) is 0 Å². The van der Waals surface area contributed by atoms with E-state index in [0.717, 1.165) is 31.2 Å². The minimum Gasteiger partial charge on any atom is -0.454 e. The summed E-state index contributed by atoms with van der Waals surface area (Å²) in [7, 11) is 0. The van der Waals surface area contributed by atoms with Crippen LogP contribution in [0.25, 0.3) is 0 Å². The van der Waals surface area contributed by atoms with Crippen molar-refractivity contribution < 1.29 is 14.6 Å². The van der Waals surface area contributed by atoms with Gasteiger partial charge in [-0.3, -0.25) is 4.79 Å². The molecule has 1 aromatic rings. The second-order valence-electron chi connectivity index (χ2n) is 6.03. The molecular formula is C17H24O3. The fourth-order valence-corrected chi connectivity index (χ4v) is 2.76. The monoisotopic (exact) mass is 276 g/mol. The first kappa shape index (κ1) is 15.0. The van der Waals surface area contributed by atoms with Crippen LogP contribution in [0.15, 0.2) is 30.3 Å². The number of aliphatic hydroxyl groups excluding tert-OH is 1. The van der Waals surface area contributed by atoms with Gasteiger partial charge in [-0.15, -0.1) is 0 Å². The number of ether oxygens (including phenoxy) is 1. The van der Waals surface area contributed by atoms with Gasteiger partial charge in [0.25, 0.3) is 0 Å². The van der Waals surface area contributed by atoms with Gasteiger partial charge >= 0.3 is 5.97 Å². The molecule has 0 bridgehead atoms. The van der Waals surface area contributed by atoms with Gasteiger partial charge in [-0.05, 0) is 44.6 Å². The first-order valence-corrected chi connectivity index (χ1v) is 7.46. The average Bonchev–Trinajstić information content (AvgIpc) is 2.97. The Labute approximate surface area is 121 Å². The normalized spacial score (nSPS) is 20.4. The smallest absolute Gasteiger partial charge is 0.315 e. The lowest BCUT2D eigenvalue weighted by Crippen LogP contribution is -2.39. The second kappa shape index (κ2) is 5.96. The molecule has 1 aromatic carbocycles. The van der Waals surface area contributed by atoms with E-state index < -0.39 is 11.0 Å². The Morgan fingerprint density at radius 3 is 2.40 bits per heavy atom. The fraction of sp³-hybridized carbons (Fsp3) is 0.588. The molecule has 0 amide bonds. The minimum absolute atomic E-state index is 0.173. The highest BCUT2D eigenvalue weighted by Gasteiger charge is 2.43. The summed E-state index contributed by atoms with van der Waals surface area (Å²) in [6.07, 6.45) is 4.46. The highest BCUT2D eigenvalue weighted by Crippen LogP contribution is 2.43. The van der Waals surface area contributed by atoms with Gasteiger partial charge in [0.1, 0.15) is 5.60 Å². The first-order chi connectivity index (χ1) is 9.56. The molecule has 2 rings (SSSR count). The summed E-state index contributed by atoms with van der Waals surface area (Å²) in [5.74, 6) is -0.284. The molecular weight excluding hydrogens is 252 g/mol. The van der Waals surface area contributed by atoms with E-state index in [1.54, 1.807) is 6.92 Å². The van der Waals surface area contributed by atoms with Gasteiger partial charge in [0, 0.05) is 0 Å². The highest BCUT2D eigenvalue weighted by atomic mass is 16.6. The number of hydrogen-bond acceptors (Lipinski definition) is 3. The number of carbonyl (C=O) groups is 1. The number of benzene rings is 1. The van der Waals surface area contributed by atoms with Crippen LogP contribution in [0.4, 0.5) is 0 Å². The Kier molecular flexibility index (Phi) is 4.48. The topological polar surface area (TPSA) is 46.5 Å². The van der Waals surface area contributed by atoms with Crippen LogP contribution in [0.2, 0.25) is 0 Å². The number of hydrogen-bond donors (Lipinski definition) is 1. The van der Waals surface area contributed by atoms with E-state index in [1.807, 2.05) is 37.3 Å². The molecule has 0 radical (unpaired) electrons. The number of esters is 1. The van der Waals surface area contributed by atoms with E-state index >= 15 is 0 Å². The lowest BCUT2D eigenvalue weighted by Gasteiger charge is -2.34. The van der Waals surface area contributed by atoms with Gasteiger partial charge in [-0.25, -0.2) is 0 Å². The summed E-state index contributed by atoms with van der Waals surface area (Å²) in [5, 5.41) is 9.48. The Morgan fingerprint density at radius 2 is 1.90 bits per heavy atom. The molecule has 0 heterocycles. The van der Waals surface area contributed by atoms with E-state index in [2.05, 4.69) is 0 Å². The van der Waals surface area contributed by atoms with Crippen molar-refractivity contribution in [3.8, 4) is 0 Å². The summed E-state index contributed by atoms with van der Waals surface area (Å²) in [6, 6.07) is 9.99. The maximum Gasteiger partial charge on any atom is 0.315 e. The first-order valence-electron chi connectivity index (χ1n) is 7.46. The number of carbonyl (C=O) groups excluding carboxylic acids is 1. The lowest BCUT2D eigenvalue weighted by molar-refractivity contribution is -0.175. The molecule has 1 unspecified atom stereocenters. The summed E-state index contributed by atoms with van der Waals surface area (Å²) < 4.78 is 5.93. The molecule has 1 fully saturated rings. The molecule has 0 aromatic heterocycles. The van der Waals surface area contributed by atoms with E-state index in [-0.39, 0.29) is 12.6 Å². The van der Waals surface area contributed by atoms with Crippen molar-refractivity contribution >= 4 is 5.97 Å². The van der Waals surface area contributed by atoms with Crippen molar-refractivity contribution in [3.63, 3.8) is 0 Å². The standard InChI is InChI=1S/C17H24O3/c1-3-16(2,13-18)15(19)20-17(11-7-8-12-17)14-9-5-4-6-10-14/h4-6,9-10,18H,3,7-8,11-13H2,1-2H3. The second-order valence-corrected chi connectivity index (χ2v) is 6.03. The van der Waals surface area contributed by atoms with Crippen molar-refractivity contribution in [2.75, 3.05) is 6.61 Å². The van der Waals surface area contributed by atoms with Crippen molar-refractivity contribution in [2.45, 2.75) is 51.6 Å². The van der Waals surface area contributed by atoms with E-state index in [0.29, 0.717) is 6.42 Å². The third kappa shape index (κ3) is 2.73. The third-order valence-corrected chi connectivity index (χ3v) is 4.62. The SMILES string of the molecule is CCC(C)(CO)C(=O)OC1(c2ccccc2)CCCC1. The molecule has 0 saturated heterocycles. The van der Waals surface area contributed by atoms with Crippen LogP contribution in [0.3, 0.4) is 0 Å². The molecule has 1 aliphatic rings. The van der Waals surface area contributed by atoms with Gasteiger partial charge in [-0.1, -0.05) is 37.3 Å². The van der Waals surface area contributed by atoms with Crippen molar-refractivity contribution in [3.05, 3.63) is 35.9 Å². The third-order valence-electron chi connectivity index (χ3n) is 4.62. The van der Waals surface area contributed by atoms with Crippen LogP contribution >= 0.6 is 0 Å². The Hall–Kier alpha value is -1.35. The molecule has 3 nitrogen and oxygen atoms in total. The van der Waals surface area contributed by atoms with Crippen LogP contribution in [-0.2, 0) is 15.1 Å². The van der Waals surface area contributed by atoms with Gasteiger partial charge in [0.2, 0.25) is 0 Å². The predicted molar refractivity (Wildman–Crippen MR) is 78.2 cm³/mol. The van der Waals surface area contributed by atoms with Gasteiger partial charge in [-0.2, -0.15) is 0 Å². The molecule has 20 heavy (non-hydrogen) atoms. The van der Waals surface area contributed by atoms with Crippen molar-refractivity contribution in [1.29, 1.82) is 0 Å². The molecule has 0 aliphatic heterocycles. The molecule has 1 N–H and O–H groups in total. The molecule has 0 spiro atoms. The van der Waals surface area contributed by atoms with E-state index in [4.69, 9.17) is 4.74 Å². The minimum atomic E-state index is -0.801. The molecule has 1 saturated carbocycles. The van der Waals surface area contributed by atoms with E-state index in [9.17, 15) is 9.90 Å². The average molecular weight is 276 g/mol. The summed E-state index contributed by atoms with van der Waals surface area (Å²) in [4.78, 5) is 12.5. The maximum absolute atomic E-state index is 12.5. The molecule has 1 atom stereocenters. The fourth-order valence-electron chi connectivity index (χ4n) is 2.76. The summed E-state index contributed by atoms with van der Waals surface area (Å²) in [5.41, 5.74) is -0.226. The van der Waals surface area contributed by atoms with Crippen LogP contribution in [0.1, 0.15) is 51.5 Å². The van der Waals surface area contributed by atoms with Crippen LogP contribution in [0, 0.1) is 5.41 Å². The lowest BCUT2D eigenvalue weighted by atomic mass is 9.87. The Balaban J connectivity index is 2.25. The van der Waals surface area contributed by atoms with Crippen LogP contribution in [0.5, 0.6) is 0 Å². The van der Waals surface area contributed by atoms with Crippen LogP contribution in [-0.4, -0.2) is 17.7 Å². The quantitative estimate of drug-likeness (QED) is 0.838. The number of rotatable bonds is 5. The maximum atomic E-state index is 12.5. The van der Waals surface area contributed by atoms with Gasteiger partial charge in [0.05, 0.1) is 12.0 Å². The molecule has 3 heteroatoms. The zero-order chi connectivity index (χ0) is 14.6. The Morgan fingerprint density at radius 1 is 1.30 bits per heavy atom. The van der Waals surface area contributed by atoms with Crippen LogP contribution < -0.4 is 0 Å². The molecule has 110 valence electrons. The van der Waals surface area contributed by atoms with Crippen molar-refractivity contribution in [2.24, 2.45) is 5.41 Å². The predicted octanol–water partition coefficient (Wildman–Crippen LogP) is 3.41.